The summed E-state index contributed by atoms with van der Waals surface area (Å²) < 4.78 is 0. The first-order valence-corrected chi connectivity index (χ1v) is 10.9. The average Bonchev–Trinajstić information content (AvgIpc) is 3.31. The summed E-state index contributed by atoms with van der Waals surface area (Å²) in [5, 5.41) is 3.42. The van der Waals surface area contributed by atoms with Crippen molar-refractivity contribution in [2.45, 2.75) is 56.7 Å². The van der Waals surface area contributed by atoms with E-state index in [0.717, 1.165) is 43.4 Å². The monoisotopic (exact) mass is 401 g/mol. The number of rotatable bonds is 3. The SMILES string of the molecule is Cc1nccc(C(=O)NC23CC4CC5(N6Cc7ncccc7C6=O)CC(C2)C35C4)n1. The van der Waals surface area contributed by atoms with E-state index in [1.165, 1.54) is 0 Å². The Kier molecular flexibility index (Phi) is 2.86. The highest BCUT2D eigenvalue weighted by molar-refractivity contribution is 5.99. The van der Waals surface area contributed by atoms with Crippen LogP contribution in [0.25, 0.3) is 0 Å². The van der Waals surface area contributed by atoms with E-state index in [0.29, 0.717) is 29.9 Å². The standard InChI is InChI=1S/C23H23N5O2/c1-13-24-6-4-17(26-13)19(29)27-21-7-14-8-22(11-15(10-21)23(21,22)9-14)28-12-18-16(20(28)30)3-2-5-25-18/h2-6,14-15H,7-12H2,1H3,(H,27,29). The van der Waals surface area contributed by atoms with E-state index in [2.05, 4.69) is 25.2 Å². The average molecular weight is 401 g/mol. The molecule has 0 radical (unpaired) electrons. The highest BCUT2D eigenvalue weighted by Gasteiger charge is 2.88. The fraction of sp³-hybridized carbons (Fsp3) is 0.522. The lowest BCUT2D eigenvalue weighted by Crippen LogP contribution is -2.86. The van der Waals surface area contributed by atoms with E-state index in [1.54, 1.807) is 25.4 Å². The number of hydrogen-bond acceptors (Lipinski definition) is 5. The lowest BCUT2D eigenvalue weighted by Gasteiger charge is -2.79. The van der Waals surface area contributed by atoms with Gasteiger partial charge in [0.1, 0.15) is 11.5 Å². The molecule has 1 spiro atoms. The summed E-state index contributed by atoms with van der Waals surface area (Å²) in [6.45, 7) is 2.40. The Morgan fingerprint density at radius 1 is 1.13 bits per heavy atom. The second kappa shape index (κ2) is 5.07. The molecule has 0 saturated heterocycles. The van der Waals surface area contributed by atoms with E-state index < -0.39 is 0 Å². The lowest BCUT2D eigenvalue weighted by atomic mass is 9.31. The van der Waals surface area contributed by atoms with Gasteiger partial charge in [0.2, 0.25) is 0 Å². The van der Waals surface area contributed by atoms with Gasteiger partial charge in [0.05, 0.1) is 23.3 Å². The highest BCUT2D eigenvalue weighted by atomic mass is 16.2. The molecule has 2 aromatic rings. The number of hydrogen-bond donors (Lipinski definition) is 1. The number of nitrogens with zero attached hydrogens (tertiary/aromatic N) is 4. The van der Waals surface area contributed by atoms with Crippen molar-refractivity contribution in [3.63, 3.8) is 0 Å². The predicted octanol–water partition coefficient (Wildman–Crippen LogP) is 2.27. The predicted molar refractivity (Wildman–Crippen MR) is 106 cm³/mol. The smallest absolute Gasteiger partial charge is 0.270 e. The summed E-state index contributed by atoms with van der Waals surface area (Å²) in [7, 11) is 0. The Hall–Kier alpha value is -2.83. The van der Waals surface area contributed by atoms with Crippen molar-refractivity contribution in [3.8, 4) is 0 Å². The third-order valence-corrected chi connectivity index (χ3v) is 8.99. The number of fused-ring (bicyclic) bond motifs is 2. The van der Waals surface area contributed by atoms with Gasteiger partial charge in [-0.1, -0.05) is 0 Å². The molecule has 0 aromatic carbocycles. The number of amides is 2. The molecule has 7 rings (SSSR count). The summed E-state index contributed by atoms with van der Waals surface area (Å²) >= 11 is 0. The molecule has 5 atom stereocenters. The number of carbonyl (C=O) groups excluding carboxylic acids is 2. The summed E-state index contributed by atoms with van der Waals surface area (Å²) in [5.41, 5.74) is 1.74. The zero-order valence-corrected chi connectivity index (χ0v) is 16.9. The molecule has 3 heterocycles. The fourth-order valence-electron chi connectivity index (χ4n) is 8.30. The molecule has 30 heavy (non-hydrogen) atoms. The summed E-state index contributed by atoms with van der Waals surface area (Å²) in [5.74, 6) is 1.77. The molecule has 1 N–H and O–H groups in total. The number of aromatic nitrogens is 3. The number of carbonyl (C=O) groups is 2. The molecule has 2 aromatic heterocycles. The van der Waals surface area contributed by atoms with Crippen LogP contribution in [0.5, 0.6) is 0 Å². The van der Waals surface area contributed by atoms with Crippen LogP contribution in [0, 0.1) is 24.2 Å². The minimum atomic E-state index is -0.211. The zero-order chi connectivity index (χ0) is 20.3. The fourth-order valence-corrected chi connectivity index (χ4v) is 8.30. The van der Waals surface area contributed by atoms with Crippen molar-refractivity contribution in [2.75, 3.05) is 0 Å². The van der Waals surface area contributed by atoms with Gasteiger partial charge >= 0.3 is 0 Å². The number of aryl methyl sites for hydroxylation is 1. The second-order valence-electron chi connectivity index (χ2n) is 10.0. The molecule has 4 saturated carbocycles. The Morgan fingerprint density at radius 2 is 2.03 bits per heavy atom. The second-order valence-corrected chi connectivity index (χ2v) is 10.0. The van der Waals surface area contributed by atoms with Crippen LogP contribution >= 0.6 is 0 Å². The van der Waals surface area contributed by atoms with Gasteiger partial charge in [-0.2, -0.15) is 0 Å². The number of nitrogens with one attached hydrogen (secondary N) is 1. The van der Waals surface area contributed by atoms with Crippen LogP contribution in [0.3, 0.4) is 0 Å². The molecular formula is C23H23N5O2. The quantitative estimate of drug-likeness (QED) is 0.852. The van der Waals surface area contributed by atoms with Crippen molar-refractivity contribution >= 4 is 11.8 Å². The zero-order valence-electron chi connectivity index (χ0n) is 16.9. The first-order valence-electron chi connectivity index (χ1n) is 10.9. The molecule has 7 heteroatoms. The van der Waals surface area contributed by atoms with Crippen molar-refractivity contribution in [3.05, 3.63) is 53.4 Å². The molecule has 5 aliphatic rings. The van der Waals surface area contributed by atoms with Crippen molar-refractivity contribution in [1.82, 2.24) is 25.2 Å². The van der Waals surface area contributed by atoms with Crippen LogP contribution in [0.4, 0.5) is 0 Å². The van der Waals surface area contributed by atoms with Crippen LogP contribution in [0.1, 0.15) is 64.5 Å². The van der Waals surface area contributed by atoms with E-state index in [4.69, 9.17) is 0 Å². The van der Waals surface area contributed by atoms with Gasteiger partial charge in [-0.3, -0.25) is 14.6 Å². The molecule has 2 amide bonds. The third-order valence-electron chi connectivity index (χ3n) is 8.99. The molecule has 152 valence electrons. The lowest BCUT2D eigenvalue weighted by molar-refractivity contribution is -0.260. The first kappa shape index (κ1) is 16.9. The van der Waals surface area contributed by atoms with Crippen LogP contribution in [0.2, 0.25) is 0 Å². The van der Waals surface area contributed by atoms with Crippen LogP contribution in [-0.4, -0.2) is 42.7 Å². The highest BCUT2D eigenvalue weighted by Crippen LogP contribution is 2.85. The van der Waals surface area contributed by atoms with Gasteiger partial charge in [-0.25, -0.2) is 9.97 Å². The van der Waals surface area contributed by atoms with Gasteiger partial charge in [0.25, 0.3) is 11.8 Å². The van der Waals surface area contributed by atoms with Gasteiger partial charge in [-0.15, -0.1) is 0 Å². The van der Waals surface area contributed by atoms with Crippen LogP contribution < -0.4 is 5.32 Å². The maximum atomic E-state index is 13.3. The molecular weight excluding hydrogens is 378 g/mol. The summed E-state index contributed by atoms with van der Waals surface area (Å²) in [6, 6.07) is 5.42. The molecule has 7 nitrogen and oxygen atoms in total. The van der Waals surface area contributed by atoms with Gasteiger partial charge in [0.15, 0.2) is 0 Å². The Bertz CT molecular complexity index is 1150. The van der Waals surface area contributed by atoms with E-state index >= 15 is 0 Å². The van der Waals surface area contributed by atoms with Crippen LogP contribution in [0.15, 0.2) is 30.6 Å². The normalized spacial score (nSPS) is 39.2. The van der Waals surface area contributed by atoms with Gasteiger partial charge in [-0.05, 0) is 69.1 Å². The van der Waals surface area contributed by atoms with E-state index in [9.17, 15) is 9.59 Å². The molecule has 4 aliphatic carbocycles. The molecule has 4 fully saturated rings. The maximum Gasteiger partial charge on any atom is 0.270 e. The molecule has 2 bridgehead atoms. The van der Waals surface area contributed by atoms with Gasteiger partial charge in [0, 0.05) is 23.3 Å². The topological polar surface area (TPSA) is 88.1 Å². The first-order chi connectivity index (χ1) is 14.5. The van der Waals surface area contributed by atoms with E-state index in [1.807, 2.05) is 12.1 Å². The Balaban J connectivity index is 1.24. The van der Waals surface area contributed by atoms with Gasteiger partial charge < -0.3 is 10.2 Å². The minimum absolute atomic E-state index is 0.0140. The van der Waals surface area contributed by atoms with Crippen molar-refractivity contribution < 1.29 is 9.59 Å². The van der Waals surface area contributed by atoms with Crippen molar-refractivity contribution in [2.24, 2.45) is 17.3 Å². The largest absolute Gasteiger partial charge is 0.345 e. The minimum Gasteiger partial charge on any atom is -0.345 e. The van der Waals surface area contributed by atoms with Crippen LogP contribution in [-0.2, 0) is 6.54 Å². The molecule has 5 unspecified atom stereocenters. The summed E-state index contributed by atoms with van der Waals surface area (Å²) in [6.07, 6.45) is 8.70. The van der Waals surface area contributed by atoms with Crippen molar-refractivity contribution in [1.29, 1.82) is 0 Å². The Labute approximate surface area is 174 Å². The Morgan fingerprint density at radius 3 is 2.83 bits per heavy atom. The number of pyridine rings is 1. The molecule has 1 aliphatic heterocycles. The summed E-state index contributed by atoms with van der Waals surface area (Å²) in [4.78, 5) is 41.5. The van der Waals surface area contributed by atoms with E-state index in [-0.39, 0.29) is 28.3 Å². The maximum absolute atomic E-state index is 13.3. The third kappa shape index (κ3) is 1.66.